The lowest BCUT2D eigenvalue weighted by Crippen LogP contribution is -2.14. The minimum absolute atomic E-state index is 0.280. The van der Waals surface area contributed by atoms with Gasteiger partial charge in [-0.1, -0.05) is 0 Å². The molecule has 8 heteroatoms. The van der Waals surface area contributed by atoms with Gasteiger partial charge >= 0.3 is 5.97 Å². The van der Waals surface area contributed by atoms with Crippen molar-refractivity contribution in [3.8, 4) is 40.8 Å². The molecule has 0 aromatic carbocycles. The summed E-state index contributed by atoms with van der Waals surface area (Å²) in [6.45, 7) is 7.53. The fraction of sp³-hybridized carbons (Fsp3) is 0.261. The first-order chi connectivity index (χ1) is 15.0. The fourth-order valence-electron chi connectivity index (χ4n) is 3.59. The molecule has 0 N–H and O–H groups in total. The summed E-state index contributed by atoms with van der Waals surface area (Å²) < 4.78 is 16.5. The molecular weight excluding hydrogens is 469 g/mol. The summed E-state index contributed by atoms with van der Waals surface area (Å²) >= 11 is 6.75. The summed E-state index contributed by atoms with van der Waals surface area (Å²) in [4.78, 5) is 19.8. The normalized spacial score (nSPS) is 12.9. The van der Waals surface area contributed by atoms with Gasteiger partial charge < -0.3 is 14.2 Å². The van der Waals surface area contributed by atoms with Gasteiger partial charge in [0.25, 0.3) is 0 Å². The second-order valence-electron chi connectivity index (χ2n) is 7.32. The first-order valence-electron chi connectivity index (χ1n) is 9.74. The van der Waals surface area contributed by atoms with E-state index in [-0.39, 0.29) is 5.97 Å². The predicted molar refractivity (Wildman–Crippen MR) is 131 cm³/mol. The number of esters is 1. The van der Waals surface area contributed by atoms with Gasteiger partial charge in [-0.25, -0.2) is 4.79 Å². The molecule has 1 aliphatic rings. The Hall–Kier alpha value is -2.13. The number of thiophene rings is 4. The van der Waals surface area contributed by atoms with Crippen molar-refractivity contribution in [2.24, 2.45) is 0 Å². The molecule has 0 spiro atoms. The Kier molecular flexibility index (Phi) is 5.42. The van der Waals surface area contributed by atoms with E-state index >= 15 is 0 Å². The second kappa shape index (κ2) is 8.09. The Morgan fingerprint density at radius 3 is 2.10 bits per heavy atom. The summed E-state index contributed by atoms with van der Waals surface area (Å²) in [6, 6.07) is 6.42. The van der Waals surface area contributed by atoms with Crippen molar-refractivity contribution >= 4 is 51.3 Å². The van der Waals surface area contributed by atoms with E-state index < -0.39 is 0 Å². The molecule has 0 fully saturated rings. The van der Waals surface area contributed by atoms with Crippen molar-refractivity contribution < 1.29 is 19.0 Å². The van der Waals surface area contributed by atoms with Crippen LogP contribution in [0.5, 0.6) is 11.5 Å². The van der Waals surface area contributed by atoms with Crippen molar-refractivity contribution in [1.82, 2.24) is 0 Å². The predicted octanol–water partition coefficient (Wildman–Crippen LogP) is 7.42. The van der Waals surface area contributed by atoms with Crippen LogP contribution in [0.4, 0.5) is 0 Å². The van der Waals surface area contributed by atoms with Crippen molar-refractivity contribution in [3.05, 3.63) is 45.1 Å². The molecule has 4 aromatic rings. The number of fused-ring (bicyclic) bond motifs is 1. The highest BCUT2D eigenvalue weighted by Gasteiger charge is 2.24. The van der Waals surface area contributed by atoms with Crippen LogP contribution in [0.15, 0.2) is 23.6 Å². The monoisotopic (exact) mass is 488 g/mol. The molecule has 0 radical (unpaired) electrons. The minimum Gasteiger partial charge on any atom is -0.485 e. The number of carbonyl (C=O) groups excluding carboxylic acids is 1. The number of methoxy groups -OCH3 is 1. The molecule has 0 bridgehead atoms. The van der Waals surface area contributed by atoms with Gasteiger partial charge in [0.05, 0.1) is 16.9 Å². The topological polar surface area (TPSA) is 44.8 Å². The van der Waals surface area contributed by atoms with Crippen LogP contribution in [-0.4, -0.2) is 26.3 Å². The number of hydrogen-bond acceptors (Lipinski definition) is 8. The maximum Gasteiger partial charge on any atom is 0.348 e. The van der Waals surface area contributed by atoms with Crippen LogP contribution >= 0.6 is 45.3 Å². The average Bonchev–Trinajstić information content (AvgIpc) is 3.52. The maximum absolute atomic E-state index is 12.0. The molecule has 4 aromatic heterocycles. The maximum atomic E-state index is 12.0. The molecule has 1 aliphatic heterocycles. The number of ether oxygens (including phenoxy) is 3. The van der Waals surface area contributed by atoms with E-state index in [9.17, 15) is 4.79 Å². The zero-order chi connectivity index (χ0) is 21.7. The molecule has 0 unspecified atom stereocenters. The molecular formula is C23H20O4S4. The van der Waals surface area contributed by atoms with Crippen LogP contribution in [0.1, 0.15) is 26.4 Å². The van der Waals surface area contributed by atoms with Crippen molar-refractivity contribution in [2.75, 3.05) is 20.3 Å². The van der Waals surface area contributed by atoms with E-state index in [0.29, 0.717) is 18.1 Å². The van der Waals surface area contributed by atoms with E-state index in [1.165, 1.54) is 49.1 Å². The number of aryl methyl sites for hydroxylation is 3. The summed E-state index contributed by atoms with van der Waals surface area (Å²) in [5.41, 5.74) is 3.57. The summed E-state index contributed by atoms with van der Waals surface area (Å²) in [5.74, 6) is 1.45. The van der Waals surface area contributed by atoms with Gasteiger partial charge in [-0.2, -0.15) is 0 Å². The van der Waals surface area contributed by atoms with Crippen molar-refractivity contribution in [3.63, 3.8) is 0 Å². The number of rotatable bonds is 4. The summed E-state index contributed by atoms with van der Waals surface area (Å²) in [6.07, 6.45) is 0. The summed E-state index contributed by atoms with van der Waals surface area (Å²) in [7, 11) is 1.42. The van der Waals surface area contributed by atoms with Gasteiger partial charge in [0, 0.05) is 24.9 Å². The Morgan fingerprint density at radius 1 is 0.839 bits per heavy atom. The molecule has 0 aliphatic carbocycles. The molecule has 4 nitrogen and oxygen atoms in total. The highest BCUT2D eigenvalue weighted by atomic mass is 32.1. The molecule has 0 saturated carbocycles. The third-order valence-electron chi connectivity index (χ3n) is 5.10. The van der Waals surface area contributed by atoms with Crippen LogP contribution in [0.3, 0.4) is 0 Å². The second-order valence-corrected chi connectivity index (χ2v) is 11.4. The fourth-order valence-corrected chi connectivity index (χ4v) is 8.50. The van der Waals surface area contributed by atoms with Crippen LogP contribution in [-0.2, 0) is 4.74 Å². The lowest BCUT2D eigenvalue weighted by Gasteiger charge is -2.15. The Morgan fingerprint density at radius 2 is 1.42 bits per heavy atom. The van der Waals surface area contributed by atoms with Gasteiger partial charge in [0.2, 0.25) is 0 Å². The number of carbonyl (C=O) groups is 1. The Labute approximate surface area is 196 Å². The van der Waals surface area contributed by atoms with Gasteiger partial charge in [0.1, 0.15) is 18.1 Å². The third kappa shape index (κ3) is 3.61. The first-order valence-corrected chi connectivity index (χ1v) is 13.1. The lowest BCUT2D eigenvalue weighted by atomic mass is 10.2. The van der Waals surface area contributed by atoms with Gasteiger partial charge in [0.15, 0.2) is 11.5 Å². The molecule has 31 heavy (non-hydrogen) atoms. The van der Waals surface area contributed by atoms with E-state index in [1.54, 1.807) is 34.0 Å². The molecule has 0 atom stereocenters. The van der Waals surface area contributed by atoms with Crippen LogP contribution in [0.25, 0.3) is 29.3 Å². The van der Waals surface area contributed by atoms with Gasteiger partial charge in [-0.3, -0.25) is 0 Å². The summed E-state index contributed by atoms with van der Waals surface area (Å²) in [5, 5.41) is 2.04. The largest absolute Gasteiger partial charge is 0.485 e. The van der Waals surface area contributed by atoms with Crippen molar-refractivity contribution in [2.45, 2.75) is 20.8 Å². The highest BCUT2D eigenvalue weighted by Crippen LogP contribution is 2.51. The minimum atomic E-state index is -0.280. The molecule has 160 valence electrons. The number of hydrogen-bond donors (Lipinski definition) is 0. The zero-order valence-corrected chi connectivity index (χ0v) is 20.8. The Balaban J connectivity index is 1.52. The van der Waals surface area contributed by atoms with E-state index in [2.05, 4.69) is 26.0 Å². The lowest BCUT2D eigenvalue weighted by molar-refractivity contribution is 0.0606. The van der Waals surface area contributed by atoms with Crippen LogP contribution in [0.2, 0.25) is 0 Å². The Bertz CT molecular complexity index is 1290. The molecule has 5 rings (SSSR count). The molecule has 0 saturated heterocycles. The van der Waals surface area contributed by atoms with Crippen LogP contribution in [0, 0.1) is 20.8 Å². The first kappa shape index (κ1) is 20.8. The third-order valence-corrected chi connectivity index (χ3v) is 10.3. The van der Waals surface area contributed by atoms with E-state index in [1.807, 2.05) is 18.4 Å². The molecule has 0 amide bonds. The van der Waals surface area contributed by atoms with Crippen LogP contribution < -0.4 is 9.47 Å². The zero-order valence-electron chi connectivity index (χ0n) is 17.5. The van der Waals surface area contributed by atoms with E-state index in [0.717, 1.165) is 26.8 Å². The van der Waals surface area contributed by atoms with Gasteiger partial charge in [-0.05, 0) is 55.7 Å². The standard InChI is InChI=1S/C23H20O4S4/c1-11-7-15(29-19(11)20-13(3)9-17(31-20)23(24)25-4)16-8-12(2)21(30-16)22-18-14(10-28-22)26-5-6-27-18/h7-10H,5-6H2,1-4H3. The SMILES string of the molecule is COC(=O)c1cc(C)c(-c2sc(-c3cc(C)c(-c4scc5c4OCCO5)s3)cc2C)s1. The van der Waals surface area contributed by atoms with Gasteiger partial charge in [-0.15, -0.1) is 45.3 Å². The van der Waals surface area contributed by atoms with E-state index in [4.69, 9.17) is 14.2 Å². The highest BCUT2D eigenvalue weighted by molar-refractivity contribution is 7.29. The molecule has 5 heterocycles. The average molecular weight is 489 g/mol. The van der Waals surface area contributed by atoms with Crippen molar-refractivity contribution in [1.29, 1.82) is 0 Å². The smallest absolute Gasteiger partial charge is 0.348 e. The quantitative estimate of drug-likeness (QED) is 0.280.